The van der Waals surface area contributed by atoms with Gasteiger partial charge in [-0.15, -0.1) is 12.4 Å². The summed E-state index contributed by atoms with van der Waals surface area (Å²) in [5.74, 6) is 0. The standard InChI is InChI=1S/C12H16N2O2.ClH/c13-11-5-3-4-10(8-11)9-16-12(15)14-6-1-2-7-14;/h3-5,8H,1-2,6-7,9,13H2;1H. The van der Waals surface area contributed by atoms with Gasteiger partial charge in [0.05, 0.1) is 0 Å². The molecular formula is C12H17ClN2O2. The molecule has 1 fully saturated rings. The summed E-state index contributed by atoms with van der Waals surface area (Å²) in [5.41, 5.74) is 7.25. The van der Waals surface area contributed by atoms with E-state index in [0.717, 1.165) is 31.5 Å². The average molecular weight is 257 g/mol. The zero-order valence-electron chi connectivity index (χ0n) is 9.59. The summed E-state index contributed by atoms with van der Waals surface area (Å²) in [6, 6.07) is 7.38. The highest BCUT2D eigenvalue weighted by atomic mass is 35.5. The second kappa shape index (κ2) is 6.35. The number of hydrogen-bond donors (Lipinski definition) is 1. The van der Waals surface area contributed by atoms with E-state index in [4.69, 9.17) is 10.5 Å². The van der Waals surface area contributed by atoms with Crippen LogP contribution in [0.25, 0.3) is 0 Å². The Balaban J connectivity index is 0.00000144. The fourth-order valence-electron chi connectivity index (χ4n) is 1.82. The first-order chi connectivity index (χ1) is 7.75. The van der Waals surface area contributed by atoms with E-state index in [1.807, 2.05) is 24.3 Å². The molecule has 0 saturated carbocycles. The molecule has 2 rings (SSSR count). The molecule has 1 heterocycles. The lowest BCUT2D eigenvalue weighted by molar-refractivity contribution is 0.104. The Kier molecular flexibility index (Phi) is 5.10. The van der Waals surface area contributed by atoms with Gasteiger partial charge in [0.25, 0.3) is 0 Å². The summed E-state index contributed by atoms with van der Waals surface area (Å²) in [4.78, 5) is 13.3. The van der Waals surface area contributed by atoms with Crippen molar-refractivity contribution in [3.05, 3.63) is 29.8 Å². The summed E-state index contributed by atoms with van der Waals surface area (Å²) in [5, 5.41) is 0. The van der Waals surface area contributed by atoms with Crippen LogP contribution in [0.15, 0.2) is 24.3 Å². The summed E-state index contributed by atoms with van der Waals surface area (Å²) >= 11 is 0. The van der Waals surface area contributed by atoms with E-state index in [0.29, 0.717) is 12.3 Å². The van der Waals surface area contributed by atoms with E-state index >= 15 is 0 Å². The lowest BCUT2D eigenvalue weighted by Crippen LogP contribution is -2.28. The van der Waals surface area contributed by atoms with E-state index in [-0.39, 0.29) is 18.5 Å². The Bertz CT molecular complexity index is 379. The maximum Gasteiger partial charge on any atom is 0.410 e. The fraction of sp³-hybridized carbons (Fsp3) is 0.417. The summed E-state index contributed by atoms with van der Waals surface area (Å²) in [6.07, 6.45) is 1.93. The van der Waals surface area contributed by atoms with Gasteiger partial charge in [0.15, 0.2) is 0 Å². The minimum atomic E-state index is -0.222. The first-order valence-corrected chi connectivity index (χ1v) is 5.52. The summed E-state index contributed by atoms with van der Waals surface area (Å²) in [7, 11) is 0. The topological polar surface area (TPSA) is 55.6 Å². The zero-order chi connectivity index (χ0) is 11.4. The molecule has 94 valence electrons. The van der Waals surface area contributed by atoms with Crippen molar-refractivity contribution in [1.29, 1.82) is 0 Å². The molecule has 4 nitrogen and oxygen atoms in total. The van der Waals surface area contributed by atoms with E-state index in [9.17, 15) is 4.79 Å². The molecule has 1 aliphatic rings. The number of carbonyl (C=O) groups is 1. The van der Waals surface area contributed by atoms with Crippen molar-refractivity contribution in [3.63, 3.8) is 0 Å². The number of nitrogens with zero attached hydrogens (tertiary/aromatic N) is 1. The lowest BCUT2D eigenvalue weighted by Gasteiger charge is -2.15. The molecule has 0 spiro atoms. The number of ether oxygens (including phenoxy) is 1. The molecule has 1 amide bonds. The van der Waals surface area contributed by atoms with Crippen LogP contribution in [0.2, 0.25) is 0 Å². The van der Waals surface area contributed by atoms with Crippen molar-refractivity contribution in [2.24, 2.45) is 0 Å². The van der Waals surface area contributed by atoms with Gasteiger partial charge in [-0.2, -0.15) is 0 Å². The van der Waals surface area contributed by atoms with Gasteiger partial charge in [-0.25, -0.2) is 4.79 Å². The van der Waals surface area contributed by atoms with E-state index < -0.39 is 0 Å². The Morgan fingerprint density at radius 3 is 2.71 bits per heavy atom. The molecule has 1 aromatic carbocycles. The molecule has 17 heavy (non-hydrogen) atoms. The van der Waals surface area contributed by atoms with Gasteiger partial charge in [-0.05, 0) is 30.5 Å². The molecule has 0 unspecified atom stereocenters. The van der Waals surface area contributed by atoms with Gasteiger partial charge in [-0.1, -0.05) is 12.1 Å². The molecular weight excluding hydrogens is 240 g/mol. The highest BCUT2D eigenvalue weighted by molar-refractivity contribution is 5.85. The van der Waals surface area contributed by atoms with Crippen molar-refractivity contribution < 1.29 is 9.53 Å². The lowest BCUT2D eigenvalue weighted by atomic mass is 10.2. The number of nitrogens with two attached hydrogens (primary N) is 1. The van der Waals surface area contributed by atoms with Gasteiger partial charge >= 0.3 is 6.09 Å². The predicted octanol–water partition coefficient (Wildman–Crippen LogP) is 2.42. The van der Waals surface area contributed by atoms with Gasteiger partial charge < -0.3 is 15.4 Å². The SMILES string of the molecule is Cl.Nc1cccc(COC(=O)N2CCCC2)c1. The minimum absolute atomic E-state index is 0. The Morgan fingerprint density at radius 2 is 2.06 bits per heavy atom. The molecule has 5 heteroatoms. The first-order valence-electron chi connectivity index (χ1n) is 5.52. The molecule has 0 aliphatic carbocycles. The molecule has 1 aromatic rings. The number of carbonyl (C=O) groups excluding carboxylic acids is 1. The second-order valence-corrected chi connectivity index (χ2v) is 3.99. The van der Waals surface area contributed by atoms with Crippen molar-refractivity contribution in [2.45, 2.75) is 19.4 Å². The van der Waals surface area contributed by atoms with Crippen molar-refractivity contribution >= 4 is 24.2 Å². The predicted molar refractivity (Wildman–Crippen MR) is 69.1 cm³/mol. The van der Waals surface area contributed by atoms with Crippen molar-refractivity contribution in [2.75, 3.05) is 18.8 Å². The maximum absolute atomic E-state index is 11.6. The maximum atomic E-state index is 11.6. The van der Waals surface area contributed by atoms with Crippen LogP contribution >= 0.6 is 12.4 Å². The summed E-state index contributed by atoms with van der Waals surface area (Å²) in [6.45, 7) is 1.92. The van der Waals surface area contributed by atoms with Crippen LogP contribution in [0.3, 0.4) is 0 Å². The number of benzene rings is 1. The number of hydrogen-bond acceptors (Lipinski definition) is 3. The monoisotopic (exact) mass is 256 g/mol. The van der Waals surface area contributed by atoms with Crippen LogP contribution in [0.4, 0.5) is 10.5 Å². The Hall–Kier alpha value is -1.42. The van der Waals surface area contributed by atoms with E-state index in [1.165, 1.54) is 0 Å². The number of amides is 1. The molecule has 0 aromatic heterocycles. The van der Waals surface area contributed by atoms with Gasteiger partial charge in [0.2, 0.25) is 0 Å². The first kappa shape index (κ1) is 13.6. The second-order valence-electron chi connectivity index (χ2n) is 3.99. The van der Waals surface area contributed by atoms with Crippen LogP contribution in [-0.2, 0) is 11.3 Å². The molecule has 2 N–H and O–H groups in total. The highest BCUT2D eigenvalue weighted by Crippen LogP contribution is 2.11. The van der Waals surface area contributed by atoms with Crippen LogP contribution in [-0.4, -0.2) is 24.1 Å². The normalized spacial score (nSPS) is 14.2. The third-order valence-electron chi connectivity index (χ3n) is 2.68. The number of anilines is 1. The third kappa shape index (κ3) is 3.82. The molecule has 1 saturated heterocycles. The molecule has 0 radical (unpaired) electrons. The fourth-order valence-corrected chi connectivity index (χ4v) is 1.82. The van der Waals surface area contributed by atoms with Gasteiger partial charge in [-0.3, -0.25) is 0 Å². The summed E-state index contributed by atoms with van der Waals surface area (Å²) < 4.78 is 5.20. The van der Waals surface area contributed by atoms with Crippen LogP contribution < -0.4 is 5.73 Å². The minimum Gasteiger partial charge on any atom is -0.445 e. The zero-order valence-corrected chi connectivity index (χ0v) is 10.4. The largest absolute Gasteiger partial charge is 0.445 e. The smallest absolute Gasteiger partial charge is 0.410 e. The molecule has 1 aliphatic heterocycles. The van der Waals surface area contributed by atoms with Gasteiger partial charge in [0.1, 0.15) is 6.61 Å². The van der Waals surface area contributed by atoms with Crippen molar-refractivity contribution in [1.82, 2.24) is 4.90 Å². The van der Waals surface area contributed by atoms with E-state index in [1.54, 1.807) is 4.90 Å². The van der Waals surface area contributed by atoms with Gasteiger partial charge in [0, 0.05) is 18.8 Å². The van der Waals surface area contributed by atoms with Crippen LogP contribution in [0.5, 0.6) is 0 Å². The van der Waals surface area contributed by atoms with Crippen molar-refractivity contribution in [3.8, 4) is 0 Å². The number of halogens is 1. The van der Waals surface area contributed by atoms with E-state index in [2.05, 4.69) is 0 Å². The highest BCUT2D eigenvalue weighted by Gasteiger charge is 2.18. The van der Waals surface area contributed by atoms with Crippen LogP contribution in [0.1, 0.15) is 18.4 Å². The van der Waals surface area contributed by atoms with Crippen LogP contribution in [0, 0.1) is 0 Å². The molecule has 0 atom stereocenters. The Labute approximate surface area is 107 Å². The third-order valence-corrected chi connectivity index (χ3v) is 2.68. The number of rotatable bonds is 2. The quantitative estimate of drug-likeness (QED) is 0.827. The number of likely N-dealkylation sites (tertiary alicyclic amines) is 1. The Morgan fingerprint density at radius 1 is 1.35 bits per heavy atom. The molecule has 0 bridgehead atoms. The average Bonchev–Trinajstić information content (AvgIpc) is 2.79. The number of nitrogen functional groups attached to an aromatic ring is 1.